The molecular weight excluding hydrogens is 210 g/mol. The molecule has 0 radical (unpaired) electrons. The van der Waals surface area contributed by atoms with Crippen LogP contribution >= 0.6 is 0 Å². The lowest BCUT2D eigenvalue weighted by Crippen LogP contribution is -1.99. The van der Waals surface area contributed by atoms with Gasteiger partial charge in [0.25, 0.3) is 6.43 Å². The van der Waals surface area contributed by atoms with Crippen molar-refractivity contribution in [1.82, 2.24) is 0 Å². The monoisotopic (exact) mass is 220 g/mol. The van der Waals surface area contributed by atoms with Crippen LogP contribution in [0.4, 0.5) is 26.3 Å². The van der Waals surface area contributed by atoms with E-state index in [0.29, 0.717) is 0 Å². The summed E-state index contributed by atoms with van der Waals surface area (Å²) in [6, 6.07) is 0. The predicted molar refractivity (Wildman–Crippen MR) is 41.7 cm³/mol. The van der Waals surface area contributed by atoms with Crippen molar-refractivity contribution in [3.05, 3.63) is 24.1 Å². The van der Waals surface area contributed by atoms with Gasteiger partial charge in [-0.15, -0.1) is 0 Å². The molecule has 0 bridgehead atoms. The van der Waals surface area contributed by atoms with Crippen molar-refractivity contribution in [2.24, 2.45) is 0 Å². The van der Waals surface area contributed by atoms with Crippen molar-refractivity contribution in [2.45, 2.75) is 26.4 Å². The van der Waals surface area contributed by atoms with Gasteiger partial charge in [-0.3, -0.25) is 0 Å². The molecule has 0 spiro atoms. The summed E-state index contributed by atoms with van der Waals surface area (Å²) in [5, 5.41) is 0. The molecule has 0 unspecified atom stereocenters. The molecular formula is C8H10F6. The van der Waals surface area contributed by atoms with E-state index in [0.717, 1.165) is 12.2 Å². The fourth-order valence-electron chi connectivity index (χ4n) is 0.315. The summed E-state index contributed by atoms with van der Waals surface area (Å²) in [7, 11) is 0. The third kappa shape index (κ3) is 13.6. The van der Waals surface area contributed by atoms with Gasteiger partial charge in [-0.2, -0.15) is 13.2 Å². The molecule has 0 aliphatic heterocycles. The molecule has 0 nitrogen and oxygen atoms in total. The minimum Gasteiger partial charge on any atom is -0.206 e. The van der Waals surface area contributed by atoms with Gasteiger partial charge in [0.2, 0.25) is 0 Å². The van der Waals surface area contributed by atoms with Crippen LogP contribution in [-0.2, 0) is 0 Å². The zero-order valence-corrected chi connectivity index (χ0v) is 7.58. The number of hydrogen-bond donors (Lipinski definition) is 0. The van der Waals surface area contributed by atoms with Crippen LogP contribution in [0.15, 0.2) is 24.1 Å². The van der Waals surface area contributed by atoms with Crippen molar-refractivity contribution in [3.8, 4) is 0 Å². The Labute approximate surface area is 77.9 Å². The Balaban J connectivity index is 0. The van der Waals surface area contributed by atoms with E-state index in [1.807, 2.05) is 0 Å². The summed E-state index contributed by atoms with van der Waals surface area (Å²) in [5.41, 5.74) is 0. The maximum Gasteiger partial charge on any atom is 0.409 e. The summed E-state index contributed by atoms with van der Waals surface area (Å²) < 4.78 is 66.2. The van der Waals surface area contributed by atoms with E-state index in [1.54, 1.807) is 0 Å². The van der Waals surface area contributed by atoms with Gasteiger partial charge in [0.05, 0.1) is 0 Å². The highest BCUT2D eigenvalue weighted by molar-refractivity contribution is 4.90. The van der Waals surface area contributed by atoms with Crippen molar-refractivity contribution >= 4 is 0 Å². The molecule has 0 saturated carbocycles. The molecule has 0 aliphatic carbocycles. The number of rotatable bonds is 1. The Morgan fingerprint density at radius 3 is 1.57 bits per heavy atom. The van der Waals surface area contributed by atoms with Crippen LogP contribution in [-0.4, -0.2) is 12.6 Å². The fourth-order valence-corrected chi connectivity index (χ4v) is 0.315. The van der Waals surface area contributed by atoms with Gasteiger partial charge in [-0.1, -0.05) is 12.2 Å². The minimum absolute atomic E-state index is 0.188. The van der Waals surface area contributed by atoms with Gasteiger partial charge >= 0.3 is 6.18 Å². The SMILES string of the molecule is CC=C(F)C(F)F.CC=CC(F)(F)F. The first-order valence-corrected chi connectivity index (χ1v) is 3.55. The van der Waals surface area contributed by atoms with Gasteiger partial charge < -0.3 is 0 Å². The second-order valence-electron chi connectivity index (χ2n) is 2.02. The van der Waals surface area contributed by atoms with E-state index in [4.69, 9.17) is 0 Å². The van der Waals surface area contributed by atoms with Crippen LogP contribution in [0.1, 0.15) is 13.8 Å². The van der Waals surface area contributed by atoms with Crippen LogP contribution in [0.3, 0.4) is 0 Å². The Bertz CT molecular complexity index is 188. The molecule has 0 aromatic carbocycles. The summed E-state index contributed by atoms with van der Waals surface area (Å²) in [5.74, 6) is -1.36. The zero-order chi connectivity index (χ0) is 11.8. The Morgan fingerprint density at radius 1 is 1.14 bits per heavy atom. The fraction of sp³-hybridized carbons (Fsp3) is 0.500. The largest absolute Gasteiger partial charge is 0.409 e. The molecule has 0 fully saturated rings. The van der Waals surface area contributed by atoms with Crippen molar-refractivity contribution < 1.29 is 26.3 Å². The molecule has 0 amide bonds. The first-order valence-electron chi connectivity index (χ1n) is 3.55. The number of halogens is 6. The molecule has 0 aromatic rings. The highest BCUT2D eigenvalue weighted by Crippen LogP contribution is 2.15. The molecule has 6 heteroatoms. The standard InChI is InChI=1S/2C4H5F3/c1-2-3-4(5,6)7;1-2-3(5)4(6)7/h2-3H,1H3;2,4H,1H3. The number of alkyl halides is 5. The summed E-state index contributed by atoms with van der Waals surface area (Å²) >= 11 is 0. The average Bonchev–Trinajstić information content (AvgIpc) is 2.01. The molecule has 0 aromatic heterocycles. The lowest BCUT2D eigenvalue weighted by molar-refractivity contribution is -0.0799. The summed E-state index contributed by atoms with van der Waals surface area (Å²) in [4.78, 5) is 0. The second-order valence-corrected chi connectivity index (χ2v) is 2.02. The van der Waals surface area contributed by atoms with Crippen LogP contribution in [0.2, 0.25) is 0 Å². The zero-order valence-electron chi connectivity index (χ0n) is 7.58. The van der Waals surface area contributed by atoms with E-state index >= 15 is 0 Å². The predicted octanol–water partition coefficient (Wildman–Crippen LogP) is 4.25. The van der Waals surface area contributed by atoms with Gasteiger partial charge in [0.15, 0.2) is 5.83 Å². The lowest BCUT2D eigenvalue weighted by Gasteiger charge is -1.93. The molecule has 0 heterocycles. The Morgan fingerprint density at radius 2 is 1.57 bits per heavy atom. The topological polar surface area (TPSA) is 0 Å². The second kappa shape index (κ2) is 7.46. The van der Waals surface area contributed by atoms with Crippen LogP contribution in [0.25, 0.3) is 0 Å². The average molecular weight is 220 g/mol. The number of allylic oxidation sites excluding steroid dienone is 4. The maximum atomic E-state index is 11.4. The third-order valence-electron chi connectivity index (χ3n) is 0.840. The first-order chi connectivity index (χ1) is 6.24. The Kier molecular flexibility index (Phi) is 8.28. The normalized spacial score (nSPS) is 13.1. The van der Waals surface area contributed by atoms with E-state index in [2.05, 4.69) is 0 Å². The van der Waals surface area contributed by atoms with Gasteiger partial charge in [-0.05, 0) is 13.8 Å². The Hall–Kier alpha value is -0.940. The van der Waals surface area contributed by atoms with Crippen LogP contribution in [0, 0.1) is 0 Å². The van der Waals surface area contributed by atoms with Crippen molar-refractivity contribution in [2.75, 3.05) is 0 Å². The van der Waals surface area contributed by atoms with Crippen molar-refractivity contribution in [3.63, 3.8) is 0 Å². The highest BCUT2D eigenvalue weighted by atomic mass is 19.4. The molecule has 0 atom stereocenters. The molecule has 0 aliphatic rings. The molecule has 0 N–H and O–H groups in total. The van der Waals surface area contributed by atoms with Crippen LogP contribution < -0.4 is 0 Å². The quantitative estimate of drug-likeness (QED) is 0.457. The highest BCUT2D eigenvalue weighted by Gasteiger charge is 2.20. The lowest BCUT2D eigenvalue weighted by atomic mass is 10.5. The van der Waals surface area contributed by atoms with Gasteiger partial charge in [0, 0.05) is 6.08 Å². The van der Waals surface area contributed by atoms with Gasteiger partial charge in [-0.25, -0.2) is 13.2 Å². The first kappa shape index (κ1) is 15.5. The summed E-state index contributed by atoms with van der Waals surface area (Å²) in [6.45, 7) is 2.55. The summed E-state index contributed by atoms with van der Waals surface area (Å²) in [6.07, 6.45) is -5.18. The van der Waals surface area contributed by atoms with E-state index in [1.165, 1.54) is 13.8 Å². The van der Waals surface area contributed by atoms with E-state index < -0.39 is 18.4 Å². The molecule has 14 heavy (non-hydrogen) atoms. The smallest absolute Gasteiger partial charge is 0.206 e. The number of hydrogen-bond acceptors (Lipinski definition) is 0. The maximum absolute atomic E-state index is 11.4. The van der Waals surface area contributed by atoms with Gasteiger partial charge in [0.1, 0.15) is 0 Å². The molecule has 0 saturated heterocycles. The minimum atomic E-state index is -4.13. The van der Waals surface area contributed by atoms with Crippen LogP contribution in [0.5, 0.6) is 0 Å². The van der Waals surface area contributed by atoms with E-state index in [9.17, 15) is 26.3 Å². The van der Waals surface area contributed by atoms with E-state index in [-0.39, 0.29) is 6.08 Å². The third-order valence-corrected chi connectivity index (χ3v) is 0.840. The molecule has 0 rings (SSSR count). The van der Waals surface area contributed by atoms with Crippen molar-refractivity contribution in [1.29, 1.82) is 0 Å². The molecule has 84 valence electrons.